The molecule has 0 aromatic rings. The third-order valence-electron chi connectivity index (χ3n) is 0.126. The van der Waals surface area contributed by atoms with Crippen molar-refractivity contribution in [2.75, 3.05) is 0 Å². The molecule has 0 saturated heterocycles. The van der Waals surface area contributed by atoms with Gasteiger partial charge < -0.3 is 10.8 Å². The van der Waals surface area contributed by atoms with Crippen LogP contribution in [-0.4, -0.2) is 11.2 Å². The third kappa shape index (κ3) is 236. The van der Waals surface area contributed by atoms with Gasteiger partial charge in [-0.3, -0.25) is 0 Å². The van der Waals surface area contributed by atoms with E-state index in [9.17, 15) is 0 Å². The minimum Gasteiger partial charge on any atom is -0.465 e. The summed E-state index contributed by atoms with van der Waals surface area (Å²) in [7, 11) is 0. The Morgan fingerprint density at radius 2 is 2.00 bits per heavy atom. The van der Waals surface area contributed by atoms with Crippen LogP contribution in [-0.2, 0) is 0 Å². The largest absolute Gasteiger partial charge is 0.465 e. The molecule has 4 heteroatoms. The summed E-state index contributed by atoms with van der Waals surface area (Å²) in [5.41, 5.74) is 4.03. The molecular formula is C4H8INO2. The molecule has 0 bridgehead atoms. The third-order valence-corrected chi connectivity index (χ3v) is 0.845. The second-order valence-electron chi connectivity index (χ2n) is 0.798. The van der Waals surface area contributed by atoms with Gasteiger partial charge in [0, 0.05) is 0 Å². The number of hydrogen-bond donors (Lipinski definition) is 2. The first-order valence-electron chi connectivity index (χ1n) is 1.85. The van der Waals surface area contributed by atoms with Gasteiger partial charge in [0.15, 0.2) is 0 Å². The van der Waals surface area contributed by atoms with Gasteiger partial charge in [0.25, 0.3) is 0 Å². The van der Waals surface area contributed by atoms with Crippen LogP contribution < -0.4 is 5.73 Å². The second kappa shape index (κ2) is 9.88. The first kappa shape index (κ1) is 10.7. The van der Waals surface area contributed by atoms with E-state index in [1.165, 1.54) is 0 Å². The van der Waals surface area contributed by atoms with E-state index in [1.807, 2.05) is 17.1 Å². The Morgan fingerprint density at radius 1 is 1.88 bits per heavy atom. The molecule has 0 saturated carbocycles. The average molecular weight is 229 g/mol. The summed E-state index contributed by atoms with van der Waals surface area (Å²) >= 11 is 2.17. The van der Waals surface area contributed by atoms with Crippen LogP contribution in [0.1, 0.15) is 6.92 Å². The lowest BCUT2D eigenvalue weighted by Crippen LogP contribution is -2.03. The predicted octanol–water partition coefficient (Wildman–Crippen LogP) is 1.58. The van der Waals surface area contributed by atoms with Crippen molar-refractivity contribution in [1.82, 2.24) is 0 Å². The smallest absolute Gasteiger partial charge is 0.402 e. The first-order chi connectivity index (χ1) is 3.65. The molecule has 0 spiro atoms. The lowest BCUT2D eigenvalue weighted by atomic mass is 10.8. The monoisotopic (exact) mass is 229 g/mol. The standard InChI is InChI=1S/C3H5I.CH3NO2/c1-2-3-4;2-1(3)4/h2-3H,1H3;2H2,(H,3,4). The van der Waals surface area contributed by atoms with Crippen molar-refractivity contribution in [3.8, 4) is 0 Å². The summed E-state index contributed by atoms with van der Waals surface area (Å²) in [5.74, 6) is 0. The zero-order chi connectivity index (χ0) is 6.99. The number of nitrogens with two attached hydrogens (primary N) is 1. The van der Waals surface area contributed by atoms with E-state index in [0.717, 1.165) is 0 Å². The van der Waals surface area contributed by atoms with Crippen molar-refractivity contribution in [2.24, 2.45) is 5.73 Å². The van der Waals surface area contributed by atoms with Crippen LogP contribution in [0, 0.1) is 0 Å². The Morgan fingerprint density at radius 3 is 2.00 bits per heavy atom. The number of carbonyl (C=O) groups is 1. The Bertz CT molecular complexity index is 74.1. The van der Waals surface area contributed by atoms with Crippen LogP contribution in [0.25, 0.3) is 0 Å². The van der Waals surface area contributed by atoms with Gasteiger partial charge in [0.1, 0.15) is 0 Å². The van der Waals surface area contributed by atoms with Crippen LogP contribution in [0.2, 0.25) is 0 Å². The summed E-state index contributed by atoms with van der Waals surface area (Å²) in [6.45, 7) is 1.99. The molecule has 0 fully saturated rings. The molecule has 0 aliphatic heterocycles. The summed E-state index contributed by atoms with van der Waals surface area (Å²) in [6, 6.07) is 0. The fourth-order valence-electron chi connectivity index (χ4n) is 0. The van der Waals surface area contributed by atoms with Crippen LogP contribution >= 0.6 is 22.6 Å². The van der Waals surface area contributed by atoms with Gasteiger partial charge in [-0.15, -0.1) is 0 Å². The molecule has 3 nitrogen and oxygen atoms in total. The summed E-state index contributed by atoms with van der Waals surface area (Å²) < 4.78 is 1.97. The quantitative estimate of drug-likeness (QED) is 0.619. The van der Waals surface area contributed by atoms with Gasteiger partial charge in [0.05, 0.1) is 0 Å². The van der Waals surface area contributed by atoms with E-state index < -0.39 is 6.09 Å². The molecule has 0 rings (SSSR count). The van der Waals surface area contributed by atoms with E-state index in [4.69, 9.17) is 9.90 Å². The van der Waals surface area contributed by atoms with Gasteiger partial charge in [0.2, 0.25) is 0 Å². The van der Waals surface area contributed by atoms with Gasteiger partial charge >= 0.3 is 6.09 Å². The maximum atomic E-state index is 8.78. The molecule has 1 amide bonds. The van der Waals surface area contributed by atoms with Crippen molar-refractivity contribution < 1.29 is 9.90 Å². The maximum absolute atomic E-state index is 8.78. The minimum absolute atomic E-state index is 1.33. The number of carboxylic acid groups (broad SMARTS) is 1. The van der Waals surface area contributed by atoms with Crippen molar-refractivity contribution in [1.29, 1.82) is 0 Å². The van der Waals surface area contributed by atoms with E-state index in [0.29, 0.717) is 0 Å². The van der Waals surface area contributed by atoms with Crippen molar-refractivity contribution in [3.05, 3.63) is 10.2 Å². The molecule has 0 aromatic heterocycles. The fourth-order valence-corrected chi connectivity index (χ4v) is 0. The molecule has 0 atom stereocenters. The molecule has 0 heterocycles. The second-order valence-corrected chi connectivity index (χ2v) is 1.52. The Hall–Kier alpha value is -0.260. The number of rotatable bonds is 0. The number of primary amides is 1. The number of hydrogen-bond acceptors (Lipinski definition) is 1. The number of amides is 1. The van der Waals surface area contributed by atoms with Gasteiger partial charge in [-0.2, -0.15) is 0 Å². The highest BCUT2D eigenvalue weighted by atomic mass is 127. The molecule has 0 aliphatic carbocycles. The van der Waals surface area contributed by atoms with Gasteiger partial charge in [-0.05, 0) is 11.0 Å². The topological polar surface area (TPSA) is 63.3 Å². The zero-order valence-electron chi connectivity index (χ0n) is 4.47. The molecule has 0 aliphatic rings. The minimum atomic E-state index is -1.33. The van der Waals surface area contributed by atoms with Gasteiger partial charge in [-0.1, -0.05) is 28.7 Å². The van der Waals surface area contributed by atoms with Crippen molar-refractivity contribution in [3.63, 3.8) is 0 Å². The van der Waals surface area contributed by atoms with Crippen molar-refractivity contribution >= 4 is 28.7 Å². The molecule has 3 N–H and O–H groups in total. The molecule has 0 unspecified atom stereocenters. The highest BCUT2D eigenvalue weighted by Gasteiger charge is 1.65. The Labute approximate surface area is 61.7 Å². The summed E-state index contributed by atoms with van der Waals surface area (Å²) in [4.78, 5) is 8.78. The van der Waals surface area contributed by atoms with E-state index in [2.05, 4.69) is 28.3 Å². The normalized spacial score (nSPS) is 7.75. The Balaban J connectivity index is 0. The van der Waals surface area contributed by atoms with E-state index in [1.54, 1.807) is 0 Å². The number of allylic oxidation sites excluding steroid dienone is 1. The van der Waals surface area contributed by atoms with Gasteiger partial charge in [-0.25, -0.2) is 4.79 Å². The average Bonchev–Trinajstić information content (AvgIpc) is 1.65. The van der Waals surface area contributed by atoms with Crippen LogP contribution in [0.15, 0.2) is 10.2 Å². The van der Waals surface area contributed by atoms with Crippen LogP contribution in [0.3, 0.4) is 0 Å². The lowest BCUT2D eigenvalue weighted by molar-refractivity contribution is 0.205. The zero-order valence-corrected chi connectivity index (χ0v) is 6.62. The highest BCUT2D eigenvalue weighted by Crippen LogP contribution is 1.78. The van der Waals surface area contributed by atoms with E-state index in [-0.39, 0.29) is 0 Å². The Kier molecular flexibility index (Phi) is 13.2. The summed E-state index contributed by atoms with van der Waals surface area (Å²) in [5, 5.41) is 7.19. The number of halogens is 1. The molecule has 8 heavy (non-hydrogen) atoms. The SMILES string of the molecule is CC=CI.NC(=O)O. The lowest BCUT2D eigenvalue weighted by Gasteiger charge is -1.61. The van der Waals surface area contributed by atoms with Crippen molar-refractivity contribution in [2.45, 2.75) is 6.92 Å². The maximum Gasteiger partial charge on any atom is 0.402 e. The predicted molar refractivity (Wildman–Crippen MR) is 41.0 cm³/mol. The first-order valence-corrected chi connectivity index (χ1v) is 3.09. The van der Waals surface area contributed by atoms with Crippen LogP contribution in [0.5, 0.6) is 0 Å². The molecular weight excluding hydrogens is 221 g/mol. The van der Waals surface area contributed by atoms with Crippen LogP contribution in [0.4, 0.5) is 4.79 Å². The molecule has 0 aromatic carbocycles. The van der Waals surface area contributed by atoms with E-state index >= 15 is 0 Å². The highest BCUT2D eigenvalue weighted by molar-refractivity contribution is 14.1. The molecule has 0 radical (unpaired) electrons. The fraction of sp³-hybridized carbons (Fsp3) is 0.250. The molecule has 48 valence electrons. The summed E-state index contributed by atoms with van der Waals surface area (Å²) in [6.07, 6.45) is 0.653.